The lowest BCUT2D eigenvalue weighted by molar-refractivity contribution is -0.141. The summed E-state index contributed by atoms with van der Waals surface area (Å²) in [5.74, 6) is -1.40. The van der Waals surface area contributed by atoms with Gasteiger partial charge in [-0.1, -0.05) is 23.7 Å². The number of nitrogens with zero attached hydrogens (tertiary/aromatic N) is 2. The highest BCUT2D eigenvalue weighted by Gasteiger charge is 2.31. The molecule has 1 aromatic heterocycles. The number of rotatable bonds is 4. The summed E-state index contributed by atoms with van der Waals surface area (Å²) >= 11 is 6.19. The second-order valence-electron chi connectivity index (χ2n) is 6.03. The average molecular weight is 348 g/mol. The fraction of sp³-hybridized carbons (Fsp3) is 0.353. The van der Waals surface area contributed by atoms with E-state index in [0.29, 0.717) is 41.2 Å². The molecule has 1 saturated carbocycles. The largest absolute Gasteiger partial charge is 0.481 e. The molecule has 0 bridgehead atoms. The van der Waals surface area contributed by atoms with E-state index < -0.39 is 5.97 Å². The van der Waals surface area contributed by atoms with Crippen molar-refractivity contribution in [3.05, 3.63) is 46.7 Å². The number of hydrogen-bond donors (Lipinski definition) is 2. The minimum Gasteiger partial charge on any atom is -0.481 e. The van der Waals surface area contributed by atoms with Gasteiger partial charge in [0.05, 0.1) is 34.1 Å². The van der Waals surface area contributed by atoms with Gasteiger partial charge in [-0.25, -0.2) is 4.68 Å². The maximum Gasteiger partial charge on any atom is 0.306 e. The highest BCUT2D eigenvalue weighted by molar-refractivity contribution is 6.32. The van der Waals surface area contributed by atoms with E-state index in [1.165, 1.54) is 6.20 Å². The Kier molecular flexibility index (Phi) is 4.57. The summed E-state index contributed by atoms with van der Waals surface area (Å²) in [4.78, 5) is 23.5. The lowest BCUT2D eigenvalue weighted by atomic mass is 10.1. The van der Waals surface area contributed by atoms with Crippen LogP contribution >= 0.6 is 11.6 Å². The number of carboxylic acids is 1. The summed E-state index contributed by atoms with van der Waals surface area (Å²) in [5, 5.41) is 16.8. The molecule has 0 saturated heterocycles. The molecule has 0 spiro atoms. The summed E-state index contributed by atoms with van der Waals surface area (Å²) in [6, 6.07) is 7.17. The van der Waals surface area contributed by atoms with Crippen LogP contribution in [0.4, 0.5) is 0 Å². The van der Waals surface area contributed by atoms with Crippen LogP contribution in [-0.4, -0.2) is 32.8 Å². The third-order valence-corrected chi connectivity index (χ3v) is 4.77. The van der Waals surface area contributed by atoms with Crippen molar-refractivity contribution in [1.29, 1.82) is 0 Å². The van der Waals surface area contributed by atoms with Crippen molar-refractivity contribution in [3.63, 3.8) is 0 Å². The predicted molar refractivity (Wildman–Crippen MR) is 89.5 cm³/mol. The highest BCUT2D eigenvalue weighted by Crippen LogP contribution is 2.26. The van der Waals surface area contributed by atoms with Crippen molar-refractivity contribution in [1.82, 2.24) is 15.1 Å². The molecule has 3 rings (SSSR count). The maximum absolute atomic E-state index is 12.5. The molecule has 0 radical (unpaired) electrons. The van der Waals surface area contributed by atoms with Gasteiger partial charge in [0.1, 0.15) is 0 Å². The van der Waals surface area contributed by atoms with Crippen molar-refractivity contribution in [2.75, 3.05) is 0 Å². The lowest BCUT2D eigenvalue weighted by Gasteiger charge is -2.12. The Bertz CT molecular complexity index is 787. The van der Waals surface area contributed by atoms with Crippen LogP contribution in [0.3, 0.4) is 0 Å². The Morgan fingerprint density at radius 3 is 2.75 bits per heavy atom. The van der Waals surface area contributed by atoms with E-state index in [1.807, 2.05) is 18.2 Å². The number of aromatic nitrogens is 2. The highest BCUT2D eigenvalue weighted by atomic mass is 35.5. The van der Waals surface area contributed by atoms with Crippen molar-refractivity contribution in [2.45, 2.75) is 32.2 Å². The van der Waals surface area contributed by atoms with Crippen LogP contribution in [0.5, 0.6) is 0 Å². The zero-order chi connectivity index (χ0) is 17.3. The Balaban J connectivity index is 1.75. The number of halogens is 1. The number of para-hydroxylation sites is 1. The number of hydrogen-bond acceptors (Lipinski definition) is 3. The van der Waals surface area contributed by atoms with E-state index in [0.717, 1.165) is 0 Å². The Labute approximate surface area is 144 Å². The molecule has 1 aliphatic carbocycles. The van der Waals surface area contributed by atoms with Gasteiger partial charge in [-0.15, -0.1) is 0 Å². The molecule has 6 nitrogen and oxygen atoms in total. The summed E-state index contributed by atoms with van der Waals surface area (Å²) < 4.78 is 1.63. The van der Waals surface area contributed by atoms with Gasteiger partial charge in [0.2, 0.25) is 0 Å². The normalized spacial score (nSPS) is 20.1. The molecule has 24 heavy (non-hydrogen) atoms. The van der Waals surface area contributed by atoms with Gasteiger partial charge in [0.15, 0.2) is 0 Å². The standard InChI is InChI=1S/C17H18ClN3O3/c1-10-13(9-19-21(10)15-5-3-2-4-14(15)18)16(22)20-12-7-6-11(8-12)17(23)24/h2-5,9,11-12H,6-8H2,1H3,(H,20,22)(H,23,24)/t11-,12+/m1/s1. The fourth-order valence-corrected chi connectivity index (χ4v) is 3.31. The Morgan fingerprint density at radius 1 is 1.33 bits per heavy atom. The molecule has 1 fully saturated rings. The molecule has 126 valence electrons. The van der Waals surface area contributed by atoms with Gasteiger partial charge in [0, 0.05) is 6.04 Å². The van der Waals surface area contributed by atoms with E-state index in [9.17, 15) is 9.59 Å². The molecular weight excluding hydrogens is 330 g/mol. The van der Waals surface area contributed by atoms with Crippen LogP contribution < -0.4 is 5.32 Å². The van der Waals surface area contributed by atoms with E-state index >= 15 is 0 Å². The van der Waals surface area contributed by atoms with Crippen molar-refractivity contribution >= 4 is 23.5 Å². The number of nitrogens with one attached hydrogen (secondary N) is 1. The maximum atomic E-state index is 12.5. The van der Waals surface area contributed by atoms with Crippen LogP contribution in [0.1, 0.15) is 35.3 Å². The van der Waals surface area contributed by atoms with Crippen LogP contribution in [-0.2, 0) is 4.79 Å². The first-order chi connectivity index (χ1) is 11.5. The molecule has 2 aromatic rings. The summed E-state index contributed by atoms with van der Waals surface area (Å²) in [6.45, 7) is 1.81. The number of amides is 1. The molecule has 0 unspecified atom stereocenters. The van der Waals surface area contributed by atoms with Crippen molar-refractivity contribution in [3.8, 4) is 5.69 Å². The SMILES string of the molecule is Cc1c(C(=O)N[C@H]2CC[C@@H](C(=O)O)C2)cnn1-c1ccccc1Cl. The number of carbonyl (C=O) groups excluding carboxylic acids is 1. The second-order valence-corrected chi connectivity index (χ2v) is 6.43. The van der Waals surface area contributed by atoms with E-state index in [1.54, 1.807) is 17.7 Å². The average Bonchev–Trinajstić information content (AvgIpc) is 3.15. The Hall–Kier alpha value is -2.34. The van der Waals surface area contributed by atoms with E-state index in [2.05, 4.69) is 10.4 Å². The molecule has 1 aromatic carbocycles. The molecule has 1 amide bonds. The summed E-state index contributed by atoms with van der Waals surface area (Å²) in [7, 11) is 0. The smallest absolute Gasteiger partial charge is 0.306 e. The van der Waals surface area contributed by atoms with Crippen LogP contribution in [0, 0.1) is 12.8 Å². The van der Waals surface area contributed by atoms with Gasteiger partial charge in [-0.05, 0) is 38.3 Å². The number of carbonyl (C=O) groups is 2. The minimum atomic E-state index is -0.797. The van der Waals surface area contributed by atoms with Gasteiger partial charge in [-0.2, -0.15) is 5.10 Å². The zero-order valence-corrected chi connectivity index (χ0v) is 14.0. The first-order valence-corrected chi connectivity index (χ1v) is 8.18. The first kappa shape index (κ1) is 16.5. The quantitative estimate of drug-likeness (QED) is 0.890. The molecule has 2 atom stereocenters. The summed E-state index contributed by atoms with van der Waals surface area (Å²) in [5.41, 5.74) is 1.87. The molecule has 7 heteroatoms. The molecule has 1 heterocycles. The monoisotopic (exact) mass is 347 g/mol. The van der Waals surface area contributed by atoms with Gasteiger partial charge < -0.3 is 10.4 Å². The van der Waals surface area contributed by atoms with E-state index in [4.69, 9.17) is 16.7 Å². The van der Waals surface area contributed by atoms with Crippen molar-refractivity contribution in [2.24, 2.45) is 5.92 Å². The zero-order valence-electron chi connectivity index (χ0n) is 13.2. The van der Waals surface area contributed by atoms with E-state index in [-0.39, 0.29) is 17.9 Å². The van der Waals surface area contributed by atoms with Gasteiger partial charge in [-0.3, -0.25) is 9.59 Å². The van der Waals surface area contributed by atoms with Gasteiger partial charge in [0.25, 0.3) is 5.91 Å². The van der Waals surface area contributed by atoms with Gasteiger partial charge >= 0.3 is 5.97 Å². The third kappa shape index (κ3) is 3.14. The lowest BCUT2D eigenvalue weighted by Crippen LogP contribution is -2.33. The van der Waals surface area contributed by atoms with Crippen LogP contribution in [0.25, 0.3) is 5.69 Å². The predicted octanol–water partition coefficient (Wildman–Crippen LogP) is 2.82. The fourth-order valence-electron chi connectivity index (χ4n) is 3.10. The minimum absolute atomic E-state index is 0.110. The first-order valence-electron chi connectivity index (χ1n) is 7.80. The molecule has 0 aliphatic heterocycles. The topological polar surface area (TPSA) is 84.2 Å². The number of aliphatic carboxylic acids is 1. The summed E-state index contributed by atoms with van der Waals surface area (Å²) in [6.07, 6.45) is 3.26. The molecule has 1 aliphatic rings. The van der Waals surface area contributed by atoms with Crippen LogP contribution in [0.2, 0.25) is 5.02 Å². The second kappa shape index (κ2) is 6.65. The van der Waals surface area contributed by atoms with Crippen molar-refractivity contribution < 1.29 is 14.7 Å². The number of carboxylic acid groups (broad SMARTS) is 1. The molecular formula is C17H18ClN3O3. The Morgan fingerprint density at radius 2 is 2.08 bits per heavy atom. The molecule has 2 N–H and O–H groups in total. The number of benzene rings is 1. The third-order valence-electron chi connectivity index (χ3n) is 4.45. The van der Waals surface area contributed by atoms with Crippen LogP contribution in [0.15, 0.2) is 30.5 Å².